The Morgan fingerprint density at radius 2 is 2.00 bits per heavy atom. The second-order valence-corrected chi connectivity index (χ2v) is 5.64. The molecule has 5 nitrogen and oxygen atoms in total. The number of benzene rings is 1. The highest BCUT2D eigenvalue weighted by atomic mass is 16.5. The molecule has 1 aromatic carbocycles. The van der Waals surface area contributed by atoms with Crippen LogP contribution in [0.25, 0.3) is 0 Å². The minimum atomic E-state index is -0.565. The van der Waals surface area contributed by atoms with Crippen LogP contribution in [0.4, 0.5) is 0 Å². The molecule has 1 heterocycles. The number of hydrogen-bond acceptors (Lipinski definition) is 5. The van der Waals surface area contributed by atoms with Crippen molar-refractivity contribution in [2.24, 2.45) is 5.73 Å². The Bertz CT molecular complexity index is 724. The molecule has 0 bridgehead atoms. The normalized spacial score (nSPS) is 17.3. The molecule has 0 amide bonds. The molecule has 1 unspecified atom stereocenters. The zero-order valence-electron chi connectivity index (χ0n) is 14.3. The van der Waals surface area contributed by atoms with Crippen LogP contribution in [0.1, 0.15) is 43.7 Å². The number of ether oxygens (including phenoxy) is 2. The zero-order chi connectivity index (χ0) is 17.7. The summed E-state index contributed by atoms with van der Waals surface area (Å²) in [5.74, 6) is -0.491. The molecule has 2 N–H and O–H groups in total. The van der Waals surface area contributed by atoms with Gasteiger partial charge in [-0.25, -0.2) is 4.79 Å². The molecule has 24 heavy (non-hydrogen) atoms. The van der Waals surface area contributed by atoms with E-state index in [1.54, 1.807) is 6.92 Å². The minimum absolute atomic E-state index is 0.0552. The van der Waals surface area contributed by atoms with Crippen LogP contribution in [0.2, 0.25) is 0 Å². The lowest BCUT2D eigenvalue weighted by Gasteiger charge is -2.28. The number of nitriles is 1. The quantitative estimate of drug-likeness (QED) is 0.838. The number of nitrogens with two attached hydrogens (primary N) is 1. The van der Waals surface area contributed by atoms with E-state index in [0.717, 1.165) is 17.5 Å². The van der Waals surface area contributed by atoms with Gasteiger partial charge in [0.05, 0.1) is 18.1 Å². The largest absolute Gasteiger partial charge is 0.463 e. The van der Waals surface area contributed by atoms with E-state index in [0.29, 0.717) is 17.8 Å². The Balaban J connectivity index is 2.63. The van der Waals surface area contributed by atoms with Gasteiger partial charge in [-0.15, -0.1) is 0 Å². The molecular weight excluding hydrogens is 304 g/mol. The maximum atomic E-state index is 12.6. The summed E-state index contributed by atoms with van der Waals surface area (Å²) < 4.78 is 10.8. The van der Waals surface area contributed by atoms with Gasteiger partial charge in [-0.2, -0.15) is 5.26 Å². The average Bonchev–Trinajstić information content (AvgIpc) is 2.55. The van der Waals surface area contributed by atoms with Crippen LogP contribution in [-0.4, -0.2) is 12.6 Å². The van der Waals surface area contributed by atoms with E-state index in [2.05, 4.69) is 6.07 Å². The molecule has 0 aromatic heterocycles. The lowest BCUT2D eigenvalue weighted by molar-refractivity contribution is -0.139. The molecule has 0 radical (unpaired) electrons. The first kappa shape index (κ1) is 17.6. The Kier molecular flexibility index (Phi) is 5.64. The molecule has 1 aliphatic rings. The third-order valence-electron chi connectivity index (χ3n) is 3.88. The van der Waals surface area contributed by atoms with Gasteiger partial charge in [0.25, 0.3) is 0 Å². The molecule has 1 aromatic rings. The van der Waals surface area contributed by atoms with Gasteiger partial charge in [-0.1, -0.05) is 36.8 Å². The van der Waals surface area contributed by atoms with Crippen LogP contribution in [-0.2, 0) is 14.3 Å². The summed E-state index contributed by atoms with van der Waals surface area (Å²) in [5, 5.41) is 9.55. The van der Waals surface area contributed by atoms with Crippen LogP contribution >= 0.6 is 0 Å². The van der Waals surface area contributed by atoms with Gasteiger partial charge in [0.15, 0.2) is 0 Å². The van der Waals surface area contributed by atoms with Crippen molar-refractivity contribution in [3.63, 3.8) is 0 Å². The Labute approximate surface area is 142 Å². The van der Waals surface area contributed by atoms with Gasteiger partial charge in [-0.3, -0.25) is 0 Å². The first-order valence-corrected chi connectivity index (χ1v) is 8.07. The highest BCUT2D eigenvalue weighted by Crippen LogP contribution is 2.40. The summed E-state index contributed by atoms with van der Waals surface area (Å²) in [6.45, 7) is 5.97. The van der Waals surface area contributed by atoms with E-state index < -0.39 is 11.9 Å². The highest BCUT2D eigenvalue weighted by Gasteiger charge is 2.37. The van der Waals surface area contributed by atoms with Crippen molar-refractivity contribution in [2.75, 3.05) is 6.61 Å². The van der Waals surface area contributed by atoms with Crippen LogP contribution < -0.4 is 5.73 Å². The van der Waals surface area contributed by atoms with Crippen LogP contribution in [0, 0.1) is 18.3 Å². The zero-order valence-corrected chi connectivity index (χ0v) is 14.3. The second-order valence-electron chi connectivity index (χ2n) is 5.64. The van der Waals surface area contributed by atoms with E-state index in [9.17, 15) is 10.1 Å². The fourth-order valence-corrected chi connectivity index (χ4v) is 2.76. The van der Waals surface area contributed by atoms with Gasteiger partial charge in [0, 0.05) is 6.42 Å². The average molecular weight is 326 g/mol. The Morgan fingerprint density at radius 1 is 1.33 bits per heavy atom. The molecule has 0 aliphatic carbocycles. The fraction of sp³-hybridized carbons (Fsp3) is 0.368. The van der Waals surface area contributed by atoms with E-state index >= 15 is 0 Å². The van der Waals surface area contributed by atoms with Crippen molar-refractivity contribution in [1.29, 1.82) is 5.26 Å². The first-order valence-electron chi connectivity index (χ1n) is 8.07. The van der Waals surface area contributed by atoms with Crippen molar-refractivity contribution in [1.82, 2.24) is 0 Å². The first-order chi connectivity index (χ1) is 11.5. The smallest absolute Gasteiger partial charge is 0.338 e. The predicted octanol–water partition coefficient (Wildman–Crippen LogP) is 3.42. The monoisotopic (exact) mass is 326 g/mol. The van der Waals surface area contributed by atoms with Crippen LogP contribution in [0.3, 0.4) is 0 Å². The summed E-state index contributed by atoms with van der Waals surface area (Å²) in [6.07, 6.45) is 1.34. The maximum Gasteiger partial charge on any atom is 0.338 e. The Morgan fingerprint density at radius 3 is 2.54 bits per heavy atom. The van der Waals surface area contributed by atoms with Gasteiger partial charge in [0.2, 0.25) is 5.88 Å². The number of aryl methyl sites for hydroxylation is 1. The topological polar surface area (TPSA) is 85.3 Å². The third kappa shape index (κ3) is 3.43. The van der Waals surface area contributed by atoms with Gasteiger partial charge >= 0.3 is 5.97 Å². The number of esters is 1. The summed E-state index contributed by atoms with van der Waals surface area (Å²) >= 11 is 0. The molecule has 126 valence electrons. The van der Waals surface area contributed by atoms with E-state index in [1.165, 1.54) is 0 Å². The van der Waals surface area contributed by atoms with Crippen molar-refractivity contribution in [3.05, 3.63) is 58.2 Å². The molecule has 0 fully saturated rings. The lowest BCUT2D eigenvalue weighted by atomic mass is 9.82. The maximum absolute atomic E-state index is 12.6. The van der Waals surface area contributed by atoms with Gasteiger partial charge < -0.3 is 15.2 Å². The Hall–Kier alpha value is -2.74. The standard InChI is InChI=1S/C19H22N2O3/c1-4-6-15-17(19(22)23-5-2)16(14(11-20)18(21)24-15)13-9-7-12(3)8-10-13/h7-10,16H,4-6,21H2,1-3H3. The van der Waals surface area contributed by atoms with Crippen LogP contribution in [0.15, 0.2) is 47.1 Å². The summed E-state index contributed by atoms with van der Waals surface area (Å²) in [7, 11) is 0. The minimum Gasteiger partial charge on any atom is -0.463 e. The molecule has 0 saturated heterocycles. The van der Waals surface area contributed by atoms with Gasteiger partial charge in [-0.05, 0) is 25.8 Å². The fourth-order valence-electron chi connectivity index (χ4n) is 2.76. The summed E-state index contributed by atoms with van der Waals surface area (Å²) in [6, 6.07) is 9.78. The number of carbonyl (C=O) groups is 1. The van der Waals surface area contributed by atoms with Crippen molar-refractivity contribution < 1.29 is 14.3 Å². The number of rotatable bonds is 5. The van der Waals surface area contributed by atoms with Gasteiger partial charge in [0.1, 0.15) is 17.4 Å². The SMILES string of the molecule is CCCC1=C(C(=O)OCC)C(c2ccc(C)cc2)C(C#N)=C(N)O1. The molecule has 2 rings (SSSR count). The van der Waals surface area contributed by atoms with Crippen molar-refractivity contribution in [2.45, 2.75) is 39.5 Å². The highest BCUT2D eigenvalue weighted by molar-refractivity contribution is 5.92. The number of hydrogen-bond donors (Lipinski definition) is 1. The van der Waals surface area contributed by atoms with Crippen molar-refractivity contribution >= 4 is 5.97 Å². The number of carbonyl (C=O) groups excluding carboxylic acids is 1. The molecule has 0 spiro atoms. The third-order valence-corrected chi connectivity index (χ3v) is 3.88. The molecule has 5 heteroatoms. The molecule has 1 atom stereocenters. The number of nitrogens with zero attached hydrogens (tertiary/aromatic N) is 1. The van der Waals surface area contributed by atoms with E-state index in [1.807, 2.05) is 38.1 Å². The van der Waals surface area contributed by atoms with E-state index in [-0.39, 0.29) is 18.1 Å². The summed E-state index contributed by atoms with van der Waals surface area (Å²) in [5.41, 5.74) is 8.47. The predicted molar refractivity (Wildman–Crippen MR) is 90.4 cm³/mol. The second kappa shape index (κ2) is 7.69. The van der Waals surface area contributed by atoms with E-state index in [4.69, 9.17) is 15.2 Å². The number of allylic oxidation sites excluding steroid dienone is 2. The summed E-state index contributed by atoms with van der Waals surface area (Å²) in [4.78, 5) is 12.6. The molecule has 0 saturated carbocycles. The van der Waals surface area contributed by atoms with Crippen molar-refractivity contribution in [3.8, 4) is 6.07 Å². The van der Waals surface area contributed by atoms with Crippen LogP contribution in [0.5, 0.6) is 0 Å². The molecule has 1 aliphatic heterocycles. The lowest BCUT2D eigenvalue weighted by Crippen LogP contribution is -2.26. The molecular formula is C19H22N2O3.